The molecule has 0 saturated heterocycles. The number of nitrogens with zero attached hydrogens (tertiary/aromatic N) is 1. The number of carbonyl (C=O) groups excluding carboxylic acids is 2. The highest BCUT2D eigenvalue weighted by Gasteiger charge is 2.31. The van der Waals surface area contributed by atoms with Gasteiger partial charge in [0, 0.05) is 53.8 Å². The number of esters is 2. The third kappa shape index (κ3) is 7.31. The van der Waals surface area contributed by atoms with E-state index in [1.165, 1.54) is 31.2 Å². The molecule has 0 spiro atoms. The van der Waals surface area contributed by atoms with Gasteiger partial charge in [0.2, 0.25) is 0 Å². The molecule has 2 heterocycles. The van der Waals surface area contributed by atoms with Crippen molar-refractivity contribution >= 4 is 38.8 Å². The number of aryl methyl sites for hydroxylation is 1. The number of halogens is 3. The highest BCUT2D eigenvalue weighted by Crippen LogP contribution is 2.40. The molecule has 0 saturated carbocycles. The minimum absolute atomic E-state index is 0.0204. The molecule has 5 rings (SSSR count). The van der Waals surface area contributed by atoms with Crippen molar-refractivity contribution in [1.82, 2.24) is 15.0 Å². The molecule has 3 aromatic carbocycles. The van der Waals surface area contributed by atoms with Crippen molar-refractivity contribution in [3.8, 4) is 22.9 Å². The molecule has 46 heavy (non-hydrogen) atoms. The Kier molecular flexibility index (Phi) is 10.2. The summed E-state index contributed by atoms with van der Waals surface area (Å²) < 4.78 is 46.8. The van der Waals surface area contributed by atoms with Crippen molar-refractivity contribution in [3.05, 3.63) is 99.9 Å². The normalized spacial score (nSPS) is 12.6. The standard InChI is InChI=1S/C35H34BrF2N3O5/c1-4-44-31(43)12-9-22-7-5-8-23(17-22)35(3,14-6-16-45-21(2)42)30-20-40-34(41-30)26-18-24(10-11-27(26)37)46-33-28(38)19-29-25(32(33)36)13-15-39-29/h5,7-8,10-11,13,15,17-20,39H,4,6,9,12,14,16H2,1-3H3,(H,40,41). The van der Waals surface area contributed by atoms with Gasteiger partial charge in [0.05, 0.1) is 23.2 Å². The molecule has 0 aliphatic carbocycles. The van der Waals surface area contributed by atoms with E-state index in [0.717, 1.165) is 16.5 Å². The number of carbonyl (C=O) groups is 2. The van der Waals surface area contributed by atoms with Gasteiger partial charge in [0.15, 0.2) is 11.6 Å². The molecule has 2 aromatic heterocycles. The van der Waals surface area contributed by atoms with Crippen molar-refractivity contribution in [2.45, 2.75) is 51.9 Å². The summed E-state index contributed by atoms with van der Waals surface area (Å²) in [5.74, 6) is -1.26. The first-order valence-electron chi connectivity index (χ1n) is 15.0. The van der Waals surface area contributed by atoms with Gasteiger partial charge in [-0.2, -0.15) is 0 Å². The van der Waals surface area contributed by atoms with Crippen molar-refractivity contribution < 1.29 is 32.6 Å². The highest BCUT2D eigenvalue weighted by atomic mass is 79.9. The van der Waals surface area contributed by atoms with Crippen LogP contribution in [0, 0.1) is 11.6 Å². The summed E-state index contributed by atoms with van der Waals surface area (Å²) in [6.45, 7) is 5.75. The van der Waals surface area contributed by atoms with E-state index in [0.29, 0.717) is 41.6 Å². The molecule has 11 heteroatoms. The summed E-state index contributed by atoms with van der Waals surface area (Å²) in [6, 6.07) is 15.2. The fourth-order valence-electron chi connectivity index (χ4n) is 5.44. The van der Waals surface area contributed by atoms with Crippen LogP contribution in [0.5, 0.6) is 11.5 Å². The Morgan fingerprint density at radius 2 is 1.87 bits per heavy atom. The zero-order valence-electron chi connectivity index (χ0n) is 25.7. The van der Waals surface area contributed by atoms with Crippen molar-refractivity contribution in [2.24, 2.45) is 0 Å². The van der Waals surface area contributed by atoms with Crippen molar-refractivity contribution in [1.29, 1.82) is 0 Å². The Hall–Kier alpha value is -4.51. The van der Waals surface area contributed by atoms with E-state index in [4.69, 9.17) is 14.2 Å². The number of ether oxygens (including phenoxy) is 3. The topological polar surface area (TPSA) is 106 Å². The Balaban J connectivity index is 1.45. The van der Waals surface area contributed by atoms with Crippen LogP contribution in [0.25, 0.3) is 22.3 Å². The molecule has 0 aliphatic heterocycles. The predicted octanol–water partition coefficient (Wildman–Crippen LogP) is 8.54. The van der Waals surface area contributed by atoms with Crippen LogP contribution in [0.4, 0.5) is 8.78 Å². The molecular formula is C35H34BrF2N3O5. The second-order valence-corrected chi connectivity index (χ2v) is 11.9. The maximum absolute atomic E-state index is 15.2. The predicted molar refractivity (Wildman–Crippen MR) is 174 cm³/mol. The van der Waals surface area contributed by atoms with E-state index < -0.39 is 17.0 Å². The summed E-state index contributed by atoms with van der Waals surface area (Å²) >= 11 is 3.43. The fraction of sp³-hybridized carbons (Fsp3) is 0.286. The molecule has 0 bridgehead atoms. The first-order valence-corrected chi connectivity index (χ1v) is 15.7. The number of aromatic amines is 2. The zero-order valence-corrected chi connectivity index (χ0v) is 27.3. The lowest BCUT2D eigenvalue weighted by Crippen LogP contribution is -2.25. The molecular weight excluding hydrogens is 660 g/mol. The van der Waals surface area contributed by atoms with Crippen LogP contribution in [0.1, 0.15) is 56.9 Å². The molecule has 1 unspecified atom stereocenters. The average molecular weight is 695 g/mol. The van der Waals surface area contributed by atoms with Gasteiger partial charge >= 0.3 is 11.9 Å². The lowest BCUT2D eigenvalue weighted by Gasteiger charge is -2.30. The number of hydrogen-bond acceptors (Lipinski definition) is 6. The zero-order chi connectivity index (χ0) is 32.8. The number of H-pyrrole nitrogens is 2. The maximum Gasteiger partial charge on any atom is 0.306 e. The maximum atomic E-state index is 15.2. The number of rotatable bonds is 13. The van der Waals surface area contributed by atoms with Crippen LogP contribution in [0.2, 0.25) is 0 Å². The van der Waals surface area contributed by atoms with Gasteiger partial charge < -0.3 is 24.2 Å². The van der Waals surface area contributed by atoms with Gasteiger partial charge in [-0.05, 0) is 84.4 Å². The minimum Gasteiger partial charge on any atom is -0.466 e. The SMILES string of the molecule is CCOC(=O)CCc1cccc(C(C)(CCCOC(C)=O)c2cnc(-c3cc(Oc4c(F)cc5[nH]ccc5c4Br)ccc3F)[nH]2)c1. The molecule has 5 aromatic rings. The molecule has 8 nitrogen and oxygen atoms in total. The monoisotopic (exact) mass is 693 g/mol. The van der Waals surface area contributed by atoms with E-state index in [9.17, 15) is 14.0 Å². The first kappa shape index (κ1) is 32.9. The molecule has 240 valence electrons. The first-order chi connectivity index (χ1) is 22.1. The highest BCUT2D eigenvalue weighted by molar-refractivity contribution is 9.10. The van der Waals surface area contributed by atoms with Gasteiger partial charge in [-0.1, -0.05) is 24.3 Å². The Labute approximate surface area is 273 Å². The summed E-state index contributed by atoms with van der Waals surface area (Å²) in [7, 11) is 0. The van der Waals surface area contributed by atoms with Crippen LogP contribution in [0.15, 0.2) is 71.5 Å². The molecule has 0 radical (unpaired) electrons. The van der Waals surface area contributed by atoms with Gasteiger partial charge in [-0.15, -0.1) is 0 Å². The summed E-state index contributed by atoms with van der Waals surface area (Å²) in [5, 5.41) is 0.743. The fourth-order valence-corrected chi connectivity index (χ4v) is 6.05. The number of imidazole rings is 1. The van der Waals surface area contributed by atoms with Crippen LogP contribution in [-0.2, 0) is 30.9 Å². The lowest BCUT2D eigenvalue weighted by molar-refractivity contribution is -0.143. The Morgan fingerprint density at radius 3 is 2.65 bits per heavy atom. The van der Waals surface area contributed by atoms with Gasteiger partial charge in [-0.3, -0.25) is 9.59 Å². The molecule has 1 atom stereocenters. The number of benzene rings is 3. The molecule has 0 aliphatic rings. The quantitative estimate of drug-likeness (QED) is 0.0946. The second-order valence-electron chi connectivity index (χ2n) is 11.1. The van der Waals surface area contributed by atoms with Crippen LogP contribution >= 0.6 is 15.9 Å². The van der Waals surface area contributed by atoms with Crippen LogP contribution < -0.4 is 4.74 Å². The number of fused-ring (bicyclic) bond motifs is 1. The van der Waals surface area contributed by atoms with Gasteiger partial charge in [0.25, 0.3) is 0 Å². The number of hydrogen-bond donors (Lipinski definition) is 2. The number of aromatic nitrogens is 3. The van der Waals surface area contributed by atoms with Crippen LogP contribution in [0.3, 0.4) is 0 Å². The Bertz CT molecular complexity index is 1870. The van der Waals surface area contributed by atoms with E-state index in [-0.39, 0.29) is 47.9 Å². The van der Waals surface area contributed by atoms with E-state index in [2.05, 4.69) is 30.9 Å². The summed E-state index contributed by atoms with van der Waals surface area (Å²) in [4.78, 5) is 34.2. The van der Waals surface area contributed by atoms with Gasteiger partial charge in [0.1, 0.15) is 17.4 Å². The minimum atomic E-state index is -0.643. The van der Waals surface area contributed by atoms with Crippen molar-refractivity contribution in [2.75, 3.05) is 13.2 Å². The summed E-state index contributed by atoms with van der Waals surface area (Å²) in [6.07, 6.45) is 5.26. The summed E-state index contributed by atoms with van der Waals surface area (Å²) in [5.41, 5.74) is 2.74. The average Bonchev–Trinajstić information content (AvgIpc) is 3.72. The third-order valence-corrected chi connectivity index (χ3v) is 8.69. The smallest absolute Gasteiger partial charge is 0.306 e. The van der Waals surface area contributed by atoms with Crippen LogP contribution in [-0.4, -0.2) is 40.1 Å². The largest absolute Gasteiger partial charge is 0.466 e. The van der Waals surface area contributed by atoms with Gasteiger partial charge in [-0.25, -0.2) is 13.8 Å². The number of nitrogens with one attached hydrogen (secondary N) is 2. The second kappa shape index (κ2) is 14.3. The molecule has 2 N–H and O–H groups in total. The van der Waals surface area contributed by atoms with Crippen molar-refractivity contribution in [3.63, 3.8) is 0 Å². The van der Waals surface area contributed by atoms with E-state index in [1.54, 1.807) is 25.4 Å². The van der Waals surface area contributed by atoms with E-state index >= 15 is 4.39 Å². The third-order valence-electron chi connectivity index (χ3n) is 7.90. The molecule has 0 amide bonds. The Morgan fingerprint density at radius 1 is 1.04 bits per heavy atom. The lowest BCUT2D eigenvalue weighted by atomic mass is 9.75. The van der Waals surface area contributed by atoms with E-state index in [1.807, 2.05) is 31.2 Å². The molecule has 0 fully saturated rings.